The van der Waals surface area contributed by atoms with Gasteiger partial charge in [0.2, 0.25) is 0 Å². The minimum absolute atomic E-state index is 0.0720. The summed E-state index contributed by atoms with van der Waals surface area (Å²) in [5, 5.41) is 0. The largest absolute Gasteiger partial charge is 0.491 e. The SMILES string of the molecule is NC1=NS(=O)(=O)Cc2cccc(OC[C@H]3CCCCN3C(=O)c3ccnc(-n4ccnc4)c3)c21. The van der Waals surface area contributed by atoms with Crippen molar-refractivity contribution in [1.29, 1.82) is 0 Å². The molecular weight excluding hydrogens is 456 g/mol. The Bertz CT molecular complexity index is 1350. The summed E-state index contributed by atoms with van der Waals surface area (Å²) in [5.74, 6) is 0.721. The molecule has 34 heavy (non-hydrogen) atoms. The van der Waals surface area contributed by atoms with Crippen LogP contribution in [0.1, 0.15) is 40.7 Å². The Kier molecular flexibility index (Phi) is 5.78. The van der Waals surface area contributed by atoms with Crippen LogP contribution in [0.5, 0.6) is 5.75 Å². The van der Waals surface area contributed by atoms with Gasteiger partial charge in [-0.15, -0.1) is 4.40 Å². The van der Waals surface area contributed by atoms with Crippen molar-refractivity contribution in [2.75, 3.05) is 13.2 Å². The molecule has 0 radical (unpaired) electrons. The number of amides is 1. The number of piperidine rings is 1. The fraction of sp³-hybridized carbons (Fsp3) is 0.304. The van der Waals surface area contributed by atoms with Crippen LogP contribution in [0.4, 0.5) is 0 Å². The second kappa shape index (κ2) is 8.90. The lowest BCUT2D eigenvalue weighted by molar-refractivity contribution is 0.0528. The molecular formula is C23H24N6O4S. The van der Waals surface area contributed by atoms with Gasteiger partial charge in [0.1, 0.15) is 30.3 Å². The first-order valence-corrected chi connectivity index (χ1v) is 12.6. The summed E-state index contributed by atoms with van der Waals surface area (Å²) < 4.78 is 35.3. The number of amidine groups is 1. The zero-order chi connectivity index (χ0) is 23.7. The number of aromatic nitrogens is 3. The number of nitrogens with zero attached hydrogens (tertiary/aromatic N) is 5. The van der Waals surface area contributed by atoms with E-state index in [2.05, 4.69) is 14.4 Å². The molecule has 1 saturated heterocycles. The molecule has 2 aromatic heterocycles. The second-order valence-electron chi connectivity index (χ2n) is 8.32. The Labute approximate surface area is 197 Å². The average molecular weight is 481 g/mol. The van der Waals surface area contributed by atoms with Crippen LogP contribution in [0.15, 0.2) is 59.6 Å². The van der Waals surface area contributed by atoms with E-state index in [1.807, 2.05) is 4.90 Å². The van der Waals surface area contributed by atoms with E-state index in [0.717, 1.165) is 19.3 Å². The number of sulfonamides is 1. The third-order valence-corrected chi connectivity index (χ3v) is 7.18. The van der Waals surface area contributed by atoms with E-state index in [0.29, 0.717) is 34.8 Å². The van der Waals surface area contributed by atoms with E-state index < -0.39 is 10.0 Å². The van der Waals surface area contributed by atoms with Crippen molar-refractivity contribution in [3.8, 4) is 11.6 Å². The summed E-state index contributed by atoms with van der Waals surface area (Å²) >= 11 is 0. The lowest BCUT2D eigenvalue weighted by Gasteiger charge is -2.36. The van der Waals surface area contributed by atoms with Gasteiger partial charge in [-0.05, 0) is 43.0 Å². The zero-order valence-electron chi connectivity index (χ0n) is 18.4. The van der Waals surface area contributed by atoms with Crippen LogP contribution in [-0.4, -0.2) is 58.8 Å². The summed E-state index contributed by atoms with van der Waals surface area (Å²) in [6.45, 7) is 0.895. The fourth-order valence-corrected chi connectivity index (χ4v) is 5.50. The van der Waals surface area contributed by atoms with Crippen LogP contribution in [-0.2, 0) is 15.8 Å². The number of nitrogens with two attached hydrogens (primary N) is 1. The number of benzene rings is 1. The summed E-state index contributed by atoms with van der Waals surface area (Å²) in [5.41, 5.74) is 7.56. The van der Waals surface area contributed by atoms with Crippen LogP contribution in [0.2, 0.25) is 0 Å². The van der Waals surface area contributed by atoms with E-state index in [1.165, 1.54) is 0 Å². The summed E-state index contributed by atoms with van der Waals surface area (Å²) in [7, 11) is -3.62. The number of imidazole rings is 1. The van der Waals surface area contributed by atoms with E-state index in [1.54, 1.807) is 59.8 Å². The highest BCUT2D eigenvalue weighted by atomic mass is 32.2. The molecule has 2 N–H and O–H groups in total. The molecule has 2 aliphatic heterocycles. The number of carbonyl (C=O) groups excluding carboxylic acids is 1. The minimum Gasteiger partial charge on any atom is -0.491 e. The number of likely N-dealkylation sites (tertiary alicyclic amines) is 1. The Morgan fingerprint density at radius 1 is 1.21 bits per heavy atom. The van der Waals surface area contributed by atoms with E-state index in [-0.39, 0.29) is 30.1 Å². The first-order valence-electron chi connectivity index (χ1n) is 11.0. The van der Waals surface area contributed by atoms with Crippen molar-refractivity contribution in [3.05, 3.63) is 71.9 Å². The van der Waals surface area contributed by atoms with Gasteiger partial charge in [0.15, 0.2) is 0 Å². The number of fused-ring (bicyclic) bond motifs is 1. The normalized spacial score (nSPS) is 19.2. The van der Waals surface area contributed by atoms with Crippen LogP contribution in [0.25, 0.3) is 5.82 Å². The van der Waals surface area contributed by atoms with Gasteiger partial charge in [-0.25, -0.2) is 18.4 Å². The lowest BCUT2D eigenvalue weighted by atomic mass is 10.0. The van der Waals surface area contributed by atoms with Gasteiger partial charge >= 0.3 is 0 Å². The van der Waals surface area contributed by atoms with Crippen molar-refractivity contribution >= 4 is 21.8 Å². The number of hydrogen-bond donors (Lipinski definition) is 1. The maximum atomic E-state index is 13.4. The molecule has 0 aliphatic carbocycles. The number of rotatable bonds is 5. The highest BCUT2D eigenvalue weighted by molar-refractivity contribution is 7.89. The van der Waals surface area contributed by atoms with Crippen molar-refractivity contribution in [3.63, 3.8) is 0 Å². The van der Waals surface area contributed by atoms with Gasteiger partial charge in [0.25, 0.3) is 15.9 Å². The van der Waals surface area contributed by atoms with Crippen LogP contribution < -0.4 is 10.5 Å². The Morgan fingerprint density at radius 3 is 2.91 bits per heavy atom. The molecule has 1 atom stereocenters. The average Bonchev–Trinajstić information content (AvgIpc) is 3.37. The van der Waals surface area contributed by atoms with E-state index >= 15 is 0 Å². The smallest absolute Gasteiger partial charge is 0.259 e. The van der Waals surface area contributed by atoms with Crippen molar-refractivity contribution < 1.29 is 17.9 Å². The van der Waals surface area contributed by atoms with Crippen molar-refractivity contribution in [2.24, 2.45) is 10.1 Å². The number of carbonyl (C=O) groups is 1. The molecule has 0 unspecified atom stereocenters. The van der Waals surface area contributed by atoms with Crippen LogP contribution in [0, 0.1) is 0 Å². The van der Waals surface area contributed by atoms with Crippen molar-refractivity contribution in [2.45, 2.75) is 31.1 Å². The molecule has 5 rings (SSSR count). The lowest BCUT2D eigenvalue weighted by Crippen LogP contribution is -2.46. The van der Waals surface area contributed by atoms with Gasteiger partial charge in [-0.3, -0.25) is 9.36 Å². The fourth-order valence-electron chi connectivity index (χ4n) is 4.41. The topological polar surface area (TPSA) is 133 Å². The molecule has 1 aromatic carbocycles. The third kappa shape index (κ3) is 4.38. The Balaban J connectivity index is 1.35. The molecule has 4 heterocycles. The van der Waals surface area contributed by atoms with Crippen LogP contribution >= 0.6 is 0 Å². The first-order chi connectivity index (χ1) is 16.4. The van der Waals surface area contributed by atoms with Crippen LogP contribution in [0.3, 0.4) is 0 Å². The molecule has 0 saturated carbocycles. The first kappa shape index (κ1) is 22.1. The predicted molar refractivity (Wildman–Crippen MR) is 125 cm³/mol. The van der Waals surface area contributed by atoms with E-state index in [4.69, 9.17) is 10.5 Å². The summed E-state index contributed by atoms with van der Waals surface area (Å²) in [6, 6.07) is 8.52. The third-order valence-electron chi connectivity index (χ3n) is 6.02. The molecule has 2 aliphatic rings. The maximum absolute atomic E-state index is 13.4. The highest BCUT2D eigenvalue weighted by Crippen LogP contribution is 2.29. The highest BCUT2D eigenvalue weighted by Gasteiger charge is 2.30. The van der Waals surface area contributed by atoms with Gasteiger partial charge in [-0.1, -0.05) is 12.1 Å². The summed E-state index contributed by atoms with van der Waals surface area (Å²) in [4.78, 5) is 23.6. The number of pyridine rings is 1. The molecule has 11 heteroatoms. The zero-order valence-corrected chi connectivity index (χ0v) is 19.2. The number of hydrogen-bond acceptors (Lipinski definition) is 7. The van der Waals surface area contributed by atoms with Crippen molar-refractivity contribution in [1.82, 2.24) is 19.4 Å². The molecule has 1 amide bonds. The summed E-state index contributed by atoms with van der Waals surface area (Å²) in [6.07, 6.45) is 9.39. The monoisotopic (exact) mass is 480 g/mol. The molecule has 0 spiro atoms. The molecule has 176 valence electrons. The van der Waals surface area contributed by atoms with E-state index in [9.17, 15) is 13.2 Å². The quantitative estimate of drug-likeness (QED) is 0.590. The molecule has 10 nitrogen and oxygen atoms in total. The maximum Gasteiger partial charge on any atom is 0.259 e. The molecule has 3 aromatic rings. The Morgan fingerprint density at radius 2 is 2.09 bits per heavy atom. The Hall–Kier alpha value is -3.73. The standard InChI is InChI=1S/C23H24N6O4S/c24-22-21-17(14-34(31,32)27-22)4-3-6-19(21)33-13-18-5-1-2-10-29(18)23(30)16-7-8-26-20(12-16)28-11-9-25-15-28/h3-4,6-9,11-12,15,18H,1-2,5,10,13-14H2,(H2,24,27)/t18-/m1/s1. The molecule has 1 fully saturated rings. The molecule has 0 bridgehead atoms. The van der Waals surface area contributed by atoms with Gasteiger partial charge < -0.3 is 15.4 Å². The second-order valence-corrected chi connectivity index (χ2v) is 9.96. The number of ether oxygens (including phenoxy) is 1. The van der Waals surface area contributed by atoms with Gasteiger partial charge in [0.05, 0.1) is 17.4 Å². The minimum atomic E-state index is -3.62. The van der Waals surface area contributed by atoms with Gasteiger partial charge in [-0.2, -0.15) is 0 Å². The predicted octanol–water partition coefficient (Wildman–Crippen LogP) is 1.89. The van der Waals surface area contributed by atoms with Gasteiger partial charge in [0, 0.05) is 30.7 Å².